The van der Waals surface area contributed by atoms with Gasteiger partial charge < -0.3 is 14.6 Å². The third-order valence-corrected chi connectivity index (χ3v) is 2.82. The summed E-state index contributed by atoms with van der Waals surface area (Å²) in [5.74, 6) is -1.87. The van der Waals surface area contributed by atoms with Gasteiger partial charge in [-0.25, -0.2) is 14.3 Å². The number of aromatic nitrogens is 3. The number of carboxylic acids is 2. The fourth-order valence-electron chi connectivity index (χ4n) is 1.94. The van der Waals surface area contributed by atoms with E-state index in [1.807, 2.05) is 13.8 Å². The molecule has 0 aliphatic carbocycles. The molecule has 2 aromatic rings. The Morgan fingerprint density at radius 1 is 1.29 bits per heavy atom. The molecule has 21 heavy (non-hydrogen) atoms. The van der Waals surface area contributed by atoms with Crippen LogP contribution >= 0.6 is 0 Å². The molecule has 2 N–H and O–H groups in total. The van der Waals surface area contributed by atoms with Crippen molar-refractivity contribution in [1.29, 1.82) is 0 Å². The number of carbonyl (C=O) groups is 2. The summed E-state index contributed by atoms with van der Waals surface area (Å²) >= 11 is 0. The van der Waals surface area contributed by atoms with Gasteiger partial charge in [0.15, 0.2) is 5.69 Å². The Balaban J connectivity index is 2.30. The molecule has 0 aromatic carbocycles. The number of hydrogen-bond donors (Lipinski definition) is 2. The summed E-state index contributed by atoms with van der Waals surface area (Å²) in [7, 11) is 0. The standard InChI is InChI=1S/C13H15N3O5/c1-7(2)5-9-11(13(19)20)14-15-16(9)6-8-3-4-10(21-8)12(17)18/h3-4,7H,5-6H2,1-2H3,(H,17,18)(H,19,20). The number of rotatable bonds is 6. The lowest BCUT2D eigenvalue weighted by atomic mass is 10.1. The van der Waals surface area contributed by atoms with Crippen LogP contribution in [0.2, 0.25) is 0 Å². The first-order valence-electron chi connectivity index (χ1n) is 6.36. The second kappa shape index (κ2) is 5.78. The highest BCUT2D eigenvalue weighted by atomic mass is 16.4. The summed E-state index contributed by atoms with van der Waals surface area (Å²) in [6, 6.07) is 2.86. The van der Waals surface area contributed by atoms with Crippen LogP contribution in [0.4, 0.5) is 0 Å². The average Bonchev–Trinajstić information content (AvgIpc) is 2.97. The highest BCUT2D eigenvalue weighted by molar-refractivity contribution is 5.86. The first kappa shape index (κ1) is 14.8. The Kier molecular flexibility index (Phi) is 4.06. The van der Waals surface area contributed by atoms with E-state index in [0.717, 1.165) is 0 Å². The molecule has 0 atom stereocenters. The van der Waals surface area contributed by atoms with E-state index in [1.54, 1.807) is 0 Å². The first-order chi connectivity index (χ1) is 9.88. The van der Waals surface area contributed by atoms with Crippen LogP contribution in [-0.4, -0.2) is 37.1 Å². The van der Waals surface area contributed by atoms with E-state index in [0.29, 0.717) is 17.9 Å². The van der Waals surface area contributed by atoms with E-state index in [2.05, 4.69) is 10.3 Å². The van der Waals surface area contributed by atoms with Crippen LogP contribution in [0.5, 0.6) is 0 Å². The Morgan fingerprint density at radius 2 is 2.00 bits per heavy atom. The molecule has 2 aromatic heterocycles. The zero-order valence-corrected chi connectivity index (χ0v) is 11.6. The van der Waals surface area contributed by atoms with Gasteiger partial charge in [0.2, 0.25) is 5.76 Å². The first-order valence-corrected chi connectivity index (χ1v) is 6.36. The van der Waals surface area contributed by atoms with Crippen LogP contribution in [0, 0.1) is 5.92 Å². The van der Waals surface area contributed by atoms with E-state index in [-0.39, 0.29) is 23.9 Å². The molecule has 0 bridgehead atoms. The minimum atomic E-state index is -1.16. The summed E-state index contributed by atoms with van der Waals surface area (Å²) < 4.78 is 6.57. The maximum atomic E-state index is 11.1. The van der Waals surface area contributed by atoms with Crippen molar-refractivity contribution in [1.82, 2.24) is 15.0 Å². The van der Waals surface area contributed by atoms with Crippen LogP contribution in [0.25, 0.3) is 0 Å². The SMILES string of the molecule is CC(C)Cc1c(C(=O)O)nnn1Cc1ccc(C(=O)O)o1. The molecule has 2 heterocycles. The molecular weight excluding hydrogens is 278 g/mol. The van der Waals surface area contributed by atoms with Crippen molar-refractivity contribution in [2.45, 2.75) is 26.8 Å². The van der Waals surface area contributed by atoms with Gasteiger partial charge in [-0.1, -0.05) is 19.1 Å². The predicted octanol–water partition coefficient (Wildman–Crippen LogP) is 1.51. The molecule has 0 radical (unpaired) electrons. The predicted molar refractivity (Wildman–Crippen MR) is 70.3 cm³/mol. The monoisotopic (exact) mass is 293 g/mol. The smallest absolute Gasteiger partial charge is 0.371 e. The van der Waals surface area contributed by atoms with Gasteiger partial charge in [0.25, 0.3) is 0 Å². The Hall–Kier alpha value is -2.64. The lowest BCUT2D eigenvalue weighted by molar-refractivity contribution is 0.0657. The maximum absolute atomic E-state index is 11.1. The van der Waals surface area contributed by atoms with Crippen molar-refractivity contribution < 1.29 is 24.2 Å². The molecule has 8 nitrogen and oxygen atoms in total. The molecule has 0 fully saturated rings. The van der Waals surface area contributed by atoms with Gasteiger partial charge in [0.1, 0.15) is 12.3 Å². The molecule has 2 rings (SSSR count). The van der Waals surface area contributed by atoms with E-state index >= 15 is 0 Å². The van der Waals surface area contributed by atoms with Gasteiger partial charge in [0.05, 0.1) is 5.69 Å². The Labute approximate surface area is 120 Å². The second-order valence-electron chi connectivity index (χ2n) is 5.02. The summed E-state index contributed by atoms with van der Waals surface area (Å²) in [5, 5.41) is 25.4. The number of nitrogens with zero attached hydrogens (tertiary/aromatic N) is 3. The van der Waals surface area contributed by atoms with Gasteiger partial charge in [-0.2, -0.15) is 0 Å². The third-order valence-electron chi connectivity index (χ3n) is 2.82. The second-order valence-corrected chi connectivity index (χ2v) is 5.02. The minimum absolute atomic E-state index is 0.0892. The van der Waals surface area contributed by atoms with Gasteiger partial charge in [-0.05, 0) is 24.5 Å². The average molecular weight is 293 g/mol. The normalized spacial score (nSPS) is 11.0. The molecular formula is C13H15N3O5. The van der Waals surface area contributed by atoms with Crippen molar-refractivity contribution in [3.63, 3.8) is 0 Å². The summed E-state index contributed by atoms with van der Waals surface area (Å²) in [5.41, 5.74) is 0.402. The van der Waals surface area contributed by atoms with Gasteiger partial charge >= 0.3 is 11.9 Å². The van der Waals surface area contributed by atoms with E-state index in [1.165, 1.54) is 16.8 Å². The van der Waals surface area contributed by atoms with Crippen molar-refractivity contribution in [2.75, 3.05) is 0 Å². The van der Waals surface area contributed by atoms with Crippen LogP contribution in [0.15, 0.2) is 16.5 Å². The quantitative estimate of drug-likeness (QED) is 0.828. The van der Waals surface area contributed by atoms with Crippen LogP contribution in [-0.2, 0) is 13.0 Å². The summed E-state index contributed by atoms with van der Waals surface area (Å²) in [6.45, 7) is 4.05. The Morgan fingerprint density at radius 3 is 2.52 bits per heavy atom. The summed E-state index contributed by atoms with van der Waals surface area (Å²) in [4.78, 5) is 21.9. The van der Waals surface area contributed by atoms with E-state index < -0.39 is 11.9 Å². The van der Waals surface area contributed by atoms with Crippen molar-refractivity contribution in [3.8, 4) is 0 Å². The maximum Gasteiger partial charge on any atom is 0.371 e. The van der Waals surface area contributed by atoms with Gasteiger partial charge in [0, 0.05) is 0 Å². The van der Waals surface area contributed by atoms with Crippen LogP contribution in [0.1, 0.15) is 46.3 Å². The minimum Gasteiger partial charge on any atom is -0.476 e. The van der Waals surface area contributed by atoms with Crippen molar-refractivity contribution >= 4 is 11.9 Å². The molecule has 0 amide bonds. The number of aromatic carboxylic acids is 2. The zero-order valence-electron chi connectivity index (χ0n) is 11.6. The van der Waals surface area contributed by atoms with Gasteiger partial charge in [-0.15, -0.1) is 5.10 Å². The molecule has 0 saturated carbocycles. The lowest BCUT2D eigenvalue weighted by Crippen LogP contribution is -2.11. The molecule has 0 aliphatic rings. The molecule has 0 unspecified atom stereocenters. The molecule has 0 spiro atoms. The van der Waals surface area contributed by atoms with Crippen molar-refractivity contribution in [2.24, 2.45) is 5.92 Å². The summed E-state index contributed by atoms with van der Waals surface area (Å²) in [6.07, 6.45) is 0.501. The molecule has 8 heteroatoms. The molecule has 0 aliphatic heterocycles. The zero-order chi connectivity index (χ0) is 15.6. The highest BCUT2D eigenvalue weighted by Gasteiger charge is 2.20. The fourth-order valence-corrected chi connectivity index (χ4v) is 1.94. The molecule has 0 saturated heterocycles. The van der Waals surface area contributed by atoms with E-state index in [4.69, 9.17) is 14.6 Å². The number of hydrogen-bond acceptors (Lipinski definition) is 5. The van der Waals surface area contributed by atoms with E-state index in [9.17, 15) is 9.59 Å². The van der Waals surface area contributed by atoms with Crippen molar-refractivity contribution in [3.05, 3.63) is 35.0 Å². The fraction of sp³-hybridized carbons (Fsp3) is 0.385. The molecule has 112 valence electrons. The third kappa shape index (κ3) is 3.28. The largest absolute Gasteiger partial charge is 0.476 e. The highest BCUT2D eigenvalue weighted by Crippen LogP contribution is 2.15. The lowest BCUT2D eigenvalue weighted by Gasteiger charge is -2.07. The van der Waals surface area contributed by atoms with Crippen LogP contribution < -0.4 is 0 Å². The topological polar surface area (TPSA) is 118 Å². The Bertz CT molecular complexity index is 671. The number of carboxylic acid groups (broad SMARTS) is 2. The van der Waals surface area contributed by atoms with Crippen LogP contribution in [0.3, 0.4) is 0 Å². The van der Waals surface area contributed by atoms with Gasteiger partial charge in [-0.3, -0.25) is 0 Å². The number of furan rings is 1.